The fraction of sp³-hybridized carbons (Fsp3) is 0.542. The van der Waals surface area contributed by atoms with Crippen molar-refractivity contribution < 1.29 is 29.3 Å². The Hall–Kier alpha value is -2.42. The number of para-hydroxylation sites is 1. The maximum absolute atomic E-state index is 14.2. The predicted molar refractivity (Wildman–Crippen MR) is 122 cm³/mol. The Morgan fingerprint density at radius 3 is 2.67 bits per heavy atom. The Labute approximate surface area is 197 Å². The fourth-order valence-corrected chi connectivity index (χ4v) is 6.32. The molecule has 9 heteroatoms. The average Bonchev–Trinajstić information content (AvgIpc) is 3.34. The highest BCUT2D eigenvalue weighted by Crippen LogP contribution is 2.63. The minimum atomic E-state index is -1.28. The summed E-state index contributed by atoms with van der Waals surface area (Å²) in [5.74, 6) is -4.07. The molecule has 0 aliphatic carbocycles. The van der Waals surface area contributed by atoms with Crippen molar-refractivity contribution in [3.63, 3.8) is 0 Å². The first-order chi connectivity index (χ1) is 15.7. The van der Waals surface area contributed by atoms with Crippen LogP contribution in [0.5, 0.6) is 0 Å². The molecule has 2 N–H and O–H groups in total. The highest BCUT2D eigenvalue weighted by Gasteiger charge is 2.78. The van der Waals surface area contributed by atoms with Crippen molar-refractivity contribution in [2.45, 2.75) is 56.4 Å². The van der Waals surface area contributed by atoms with E-state index in [0.717, 1.165) is 0 Å². The Morgan fingerprint density at radius 1 is 1.39 bits per heavy atom. The lowest BCUT2D eigenvalue weighted by molar-refractivity contribution is -0.155. The first kappa shape index (κ1) is 23.7. The van der Waals surface area contributed by atoms with E-state index in [4.69, 9.17) is 16.3 Å². The van der Waals surface area contributed by atoms with Gasteiger partial charge >= 0.3 is 5.97 Å². The molecule has 3 aliphatic heterocycles. The number of anilines is 1. The minimum Gasteiger partial charge on any atom is -0.481 e. The molecule has 1 aromatic rings. The van der Waals surface area contributed by atoms with E-state index < -0.39 is 52.9 Å². The Kier molecular flexibility index (Phi) is 6.05. The van der Waals surface area contributed by atoms with Gasteiger partial charge in [0.15, 0.2) is 0 Å². The third kappa shape index (κ3) is 3.30. The number of carbonyl (C=O) groups is 3. The summed E-state index contributed by atoms with van der Waals surface area (Å²) in [6.07, 6.45) is 2.77. The lowest BCUT2D eigenvalue weighted by Gasteiger charge is -2.39. The molecular formula is C24H29ClN2O6. The van der Waals surface area contributed by atoms with Crippen molar-refractivity contribution in [1.29, 1.82) is 0 Å². The van der Waals surface area contributed by atoms with Gasteiger partial charge < -0.3 is 24.7 Å². The van der Waals surface area contributed by atoms with Crippen LogP contribution in [0.3, 0.4) is 0 Å². The van der Waals surface area contributed by atoms with Crippen molar-refractivity contribution in [1.82, 2.24) is 4.90 Å². The van der Waals surface area contributed by atoms with Crippen LogP contribution in [-0.4, -0.2) is 69.3 Å². The molecule has 0 aromatic heterocycles. The van der Waals surface area contributed by atoms with E-state index in [1.165, 1.54) is 9.80 Å². The van der Waals surface area contributed by atoms with Crippen molar-refractivity contribution in [3.05, 3.63) is 41.9 Å². The third-order valence-electron chi connectivity index (χ3n) is 7.51. The van der Waals surface area contributed by atoms with Gasteiger partial charge in [-0.2, -0.15) is 0 Å². The van der Waals surface area contributed by atoms with Crippen molar-refractivity contribution in [2.24, 2.45) is 11.8 Å². The summed E-state index contributed by atoms with van der Waals surface area (Å²) in [5.41, 5.74) is -1.86. The van der Waals surface area contributed by atoms with E-state index in [1.54, 1.807) is 37.3 Å². The average molecular weight is 477 g/mol. The quantitative estimate of drug-likeness (QED) is 0.558. The van der Waals surface area contributed by atoms with E-state index in [1.807, 2.05) is 6.92 Å². The number of halogens is 1. The summed E-state index contributed by atoms with van der Waals surface area (Å²) in [6.45, 7) is 7.06. The van der Waals surface area contributed by atoms with Crippen molar-refractivity contribution in [3.8, 4) is 0 Å². The molecule has 2 unspecified atom stereocenters. The number of aliphatic hydroxyl groups excluding tert-OH is 1. The summed E-state index contributed by atoms with van der Waals surface area (Å²) < 4.78 is 6.38. The zero-order valence-corrected chi connectivity index (χ0v) is 19.5. The number of benzene rings is 1. The SMILES string of the molecule is C=CCN(C(=O)C1N([C@@H](CC)CO)C(=O)[C@@H]2[C@@H](C(=O)O)[C@@]3(C)CCC12O3)c1ccccc1Cl. The molecule has 3 heterocycles. The molecule has 2 bridgehead atoms. The van der Waals surface area contributed by atoms with Gasteiger partial charge in [0.05, 0.1) is 40.8 Å². The highest BCUT2D eigenvalue weighted by atomic mass is 35.5. The van der Waals surface area contributed by atoms with Crippen LogP contribution in [-0.2, 0) is 19.1 Å². The molecule has 1 spiro atoms. The van der Waals surface area contributed by atoms with E-state index in [-0.39, 0.29) is 13.2 Å². The van der Waals surface area contributed by atoms with E-state index in [0.29, 0.717) is 30.0 Å². The van der Waals surface area contributed by atoms with Crippen LogP contribution in [0.15, 0.2) is 36.9 Å². The smallest absolute Gasteiger partial charge is 0.310 e. The number of nitrogens with zero attached hydrogens (tertiary/aromatic N) is 2. The van der Waals surface area contributed by atoms with Crippen LogP contribution in [0, 0.1) is 11.8 Å². The van der Waals surface area contributed by atoms with Gasteiger partial charge in [0.25, 0.3) is 5.91 Å². The number of hydrogen-bond donors (Lipinski definition) is 2. The maximum atomic E-state index is 14.2. The minimum absolute atomic E-state index is 0.136. The molecule has 33 heavy (non-hydrogen) atoms. The molecular weight excluding hydrogens is 448 g/mol. The molecule has 3 saturated heterocycles. The summed E-state index contributed by atoms with van der Waals surface area (Å²) in [6, 6.07) is 5.15. The monoisotopic (exact) mass is 476 g/mol. The Bertz CT molecular complexity index is 997. The molecule has 2 amide bonds. The van der Waals surface area contributed by atoms with Crippen LogP contribution < -0.4 is 4.90 Å². The summed E-state index contributed by atoms with van der Waals surface area (Å²) in [5, 5.41) is 20.4. The van der Waals surface area contributed by atoms with E-state index in [9.17, 15) is 24.6 Å². The lowest BCUT2D eigenvalue weighted by atomic mass is 9.66. The maximum Gasteiger partial charge on any atom is 0.310 e. The number of rotatable bonds is 8. The highest BCUT2D eigenvalue weighted by molar-refractivity contribution is 6.34. The number of likely N-dealkylation sites (tertiary alicyclic amines) is 1. The Balaban J connectivity index is 1.87. The number of ether oxygens (including phenoxy) is 1. The third-order valence-corrected chi connectivity index (χ3v) is 7.83. The molecule has 0 saturated carbocycles. The fourth-order valence-electron chi connectivity index (χ4n) is 6.08. The number of amides is 2. The number of hydrogen-bond acceptors (Lipinski definition) is 5. The van der Waals surface area contributed by atoms with Crippen LogP contribution in [0.2, 0.25) is 5.02 Å². The Morgan fingerprint density at radius 2 is 2.09 bits per heavy atom. The number of carboxylic acids is 1. The number of carbonyl (C=O) groups excluding carboxylic acids is 2. The van der Waals surface area contributed by atoms with Crippen molar-refractivity contribution in [2.75, 3.05) is 18.1 Å². The second-order valence-electron chi connectivity index (χ2n) is 9.24. The lowest BCUT2D eigenvalue weighted by Crippen LogP contribution is -2.59. The molecule has 4 rings (SSSR count). The molecule has 3 fully saturated rings. The molecule has 1 aromatic carbocycles. The number of aliphatic carboxylic acids is 1. The number of carboxylic acid groups (broad SMARTS) is 1. The van der Waals surface area contributed by atoms with Crippen LogP contribution in [0.25, 0.3) is 0 Å². The summed E-state index contributed by atoms with van der Waals surface area (Å²) in [4.78, 5) is 43.0. The van der Waals surface area contributed by atoms with Gasteiger partial charge in [-0.3, -0.25) is 14.4 Å². The molecule has 8 nitrogen and oxygen atoms in total. The summed E-state index contributed by atoms with van der Waals surface area (Å²) in [7, 11) is 0. The van der Waals surface area contributed by atoms with Crippen molar-refractivity contribution >= 4 is 35.1 Å². The van der Waals surface area contributed by atoms with Gasteiger partial charge in [0, 0.05) is 6.54 Å². The van der Waals surface area contributed by atoms with Gasteiger partial charge in [0.2, 0.25) is 5.91 Å². The van der Waals surface area contributed by atoms with Gasteiger partial charge in [0.1, 0.15) is 11.6 Å². The van der Waals surface area contributed by atoms with E-state index in [2.05, 4.69) is 6.58 Å². The molecule has 178 valence electrons. The van der Waals surface area contributed by atoms with Gasteiger partial charge in [-0.1, -0.05) is 36.7 Å². The number of fused-ring (bicyclic) bond motifs is 1. The first-order valence-corrected chi connectivity index (χ1v) is 11.6. The molecule has 6 atom stereocenters. The predicted octanol–water partition coefficient (Wildman–Crippen LogP) is 2.48. The second kappa shape index (κ2) is 8.42. The van der Waals surface area contributed by atoms with Gasteiger partial charge in [-0.15, -0.1) is 6.58 Å². The second-order valence-corrected chi connectivity index (χ2v) is 9.65. The van der Waals surface area contributed by atoms with Crippen LogP contribution >= 0.6 is 11.6 Å². The summed E-state index contributed by atoms with van der Waals surface area (Å²) >= 11 is 6.40. The van der Waals surface area contributed by atoms with Gasteiger partial charge in [-0.25, -0.2) is 0 Å². The van der Waals surface area contributed by atoms with Crippen LogP contribution in [0.1, 0.15) is 33.1 Å². The van der Waals surface area contributed by atoms with E-state index >= 15 is 0 Å². The normalized spacial score (nSPS) is 33.2. The zero-order chi connectivity index (χ0) is 24.1. The largest absolute Gasteiger partial charge is 0.481 e. The topological polar surface area (TPSA) is 107 Å². The number of aliphatic hydroxyl groups is 1. The zero-order valence-electron chi connectivity index (χ0n) is 18.7. The molecule has 3 aliphatic rings. The van der Waals surface area contributed by atoms with Gasteiger partial charge in [-0.05, 0) is 38.3 Å². The first-order valence-electron chi connectivity index (χ1n) is 11.2. The standard InChI is InChI=1S/C24H29ClN2O6/c1-4-12-26(16-9-7-6-8-15(16)25)21(30)19-24-11-10-23(3,33-24)18(22(31)32)17(24)20(29)27(19)14(5-2)13-28/h4,6-9,14,17-19,28H,1,5,10-13H2,2-3H3,(H,31,32)/t14-,17-,18-,19?,23+,24?/m0/s1. The molecule has 0 radical (unpaired) electrons. The van der Waals surface area contributed by atoms with Crippen LogP contribution in [0.4, 0.5) is 5.69 Å².